The van der Waals surface area contributed by atoms with Gasteiger partial charge in [0, 0.05) is 17.7 Å². The van der Waals surface area contributed by atoms with Gasteiger partial charge in [-0.2, -0.15) is 0 Å². The summed E-state index contributed by atoms with van der Waals surface area (Å²) in [6.45, 7) is -2.15. The van der Waals surface area contributed by atoms with E-state index in [1.54, 1.807) is 0 Å². The van der Waals surface area contributed by atoms with Crippen LogP contribution in [0, 0.1) is 0 Å². The Labute approximate surface area is 344 Å². The van der Waals surface area contributed by atoms with Crippen LogP contribution in [0.15, 0.2) is 45.6 Å². The first kappa shape index (κ1) is 45.2. The van der Waals surface area contributed by atoms with Crippen LogP contribution >= 0.6 is 0 Å². The van der Waals surface area contributed by atoms with Crippen LogP contribution in [-0.4, -0.2) is 199 Å². The number of fused-ring (bicyclic) bond motifs is 1. The molecule has 23 heteroatoms. The number of methoxy groups -OCH3 is 1. The minimum Gasteiger partial charge on any atom is -0.508 e. The van der Waals surface area contributed by atoms with Gasteiger partial charge < -0.3 is 108 Å². The number of phenolic OH excluding ortho intramolecular Hbond substituents is 2. The van der Waals surface area contributed by atoms with E-state index in [1.807, 2.05) is 0 Å². The fourth-order valence-corrected chi connectivity index (χ4v) is 7.24. The van der Waals surface area contributed by atoms with Crippen LogP contribution in [0.5, 0.6) is 23.0 Å². The van der Waals surface area contributed by atoms with E-state index < -0.39 is 153 Å². The lowest BCUT2D eigenvalue weighted by Gasteiger charge is -2.44. The molecule has 23 nitrogen and oxygen atoms in total. The van der Waals surface area contributed by atoms with Crippen LogP contribution in [0.25, 0.3) is 22.3 Å². The fourth-order valence-electron chi connectivity index (χ4n) is 7.24. The molecule has 0 aliphatic carbocycles. The lowest BCUT2D eigenvalue weighted by molar-refractivity contribution is -0.335. The number of hydrogen-bond donors (Lipinski definition) is 12. The predicted octanol–water partition coefficient (Wildman–Crippen LogP) is -4.16. The van der Waals surface area contributed by atoms with Gasteiger partial charge >= 0.3 is 0 Å². The second-order valence-electron chi connectivity index (χ2n) is 15.3. The molecule has 0 spiro atoms. The third kappa shape index (κ3) is 8.63. The standard InChI is InChI=1S/C38H48O23/c1-14-22(42)25(45)27(47)33(57-14)53-9-20-23(43)26(46)30(61-36-32(49)38(51,13-56-36)12-55-35-31(48)37(50,10-39)11-54-35)34(59-20)60-29-24(44)21-18(41)7-17(52-2)8-19(21)58-28(29)15-3-5-16(40)6-4-15/h3-8,14,20,22-23,25-27,30-36,39-43,45-51H,9-13H2,1-2H3. The van der Waals surface area contributed by atoms with Crippen LogP contribution < -0.4 is 14.9 Å². The summed E-state index contributed by atoms with van der Waals surface area (Å²) in [4.78, 5) is 14.3. The summed E-state index contributed by atoms with van der Waals surface area (Å²) in [5.74, 6) is -1.58. The molecule has 5 heterocycles. The average Bonchev–Trinajstić information content (AvgIpc) is 3.69. The van der Waals surface area contributed by atoms with Crippen molar-refractivity contribution in [2.75, 3.05) is 40.1 Å². The molecular weight excluding hydrogens is 824 g/mol. The van der Waals surface area contributed by atoms with E-state index in [0.29, 0.717) is 0 Å². The minimum atomic E-state index is -2.29. The largest absolute Gasteiger partial charge is 0.508 e. The van der Waals surface area contributed by atoms with E-state index >= 15 is 0 Å². The van der Waals surface area contributed by atoms with Crippen molar-refractivity contribution in [2.45, 2.75) is 104 Å². The summed E-state index contributed by atoms with van der Waals surface area (Å²) in [6, 6.07) is 7.73. The Morgan fingerprint density at radius 2 is 1.44 bits per heavy atom. The topological polar surface area (TPSA) is 356 Å². The Kier molecular flexibility index (Phi) is 13.1. The number of aliphatic hydroxyl groups is 10. The van der Waals surface area contributed by atoms with Crippen molar-refractivity contribution < 1.29 is 108 Å². The van der Waals surface area contributed by atoms with E-state index in [0.717, 1.165) is 6.07 Å². The highest BCUT2D eigenvalue weighted by atomic mass is 16.8. The maximum absolute atomic E-state index is 14.3. The molecule has 4 aliphatic rings. The number of aliphatic hydroxyl groups excluding tert-OH is 8. The van der Waals surface area contributed by atoms with E-state index in [-0.39, 0.29) is 28.4 Å². The smallest absolute Gasteiger partial charge is 0.239 e. The van der Waals surface area contributed by atoms with Gasteiger partial charge in [-0.1, -0.05) is 0 Å². The van der Waals surface area contributed by atoms with Gasteiger partial charge in [-0.15, -0.1) is 0 Å². The van der Waals surface area contributed by atoms with Crippen molar-refractivity contribution in [2.24, 2.45) is 0 Å². The number of phenols is 2. The molecule has 1 aromatic heterocycles. The summed E-state index contributed by atoms with van der Waals surface area (Å²) >= 11 is 0. The predicted molar refractivity (Wildman–Crippen MR) is 197 cm³/mol. The Balaban J connectivity index is 1.20. The molecule has 16 atom stereocenters. The average molecular weight is 873 g/mol. The first-order chi connectivity index (χ1) is 28.9. The Bertz CT molecular complexity index is 2050. The Hall–Kier alpha value is -3.83. The number of aromatic hydroxyl groups is 2. The molecule has 4 aliphatic heterocycles. The number of ether oxygens (including phenoxy) is 9. The normalized spacial score (nSPS) is 39.1. The molecule has 0 saturated carbocycles. The second-order valence-corrected chi connectivity index (χ2v) is 15.3. The molecule has 61 heavy (non-hydrogen) atoms. The lowest BCUT2D eigenvalue weighted by Crippen LogP contribution is -2.63. The summed E-state index contributed by atoms with van der Waals surface area (Å²) in [7, 11) is 1.32. The maximum atomic E-state index is 14.3. The van der Waals surface area contributed by atoms with Crippen molar-refractivity contribution >= 4 is 11.0 Å². The van der Waals surface area contributed by atoms with Crippen LogP contribution in [0.3, 0.4) is 0 Å². The summed E-state index contributed by atoms with van der Waals surface area (Å²) in [5, 5.41) is 127. The van der Waals surface area contributed by atoms with Crippen LogP contribution in [0.4, 0.5) is 0 Å². The second kappa shape index (κ2) is 17.7. The third-order valence-electron chi connectivity index (χ3n) is 11.1. The highest BCUT2D eigenvalue weighted by Crippen LogP contribution is 2.39. The molecule has 4 saturated heterocycles. The maximum Gasteiger partial charge on any atom is 0.239 e. The Morgan fingerprint density at radius 3 is 2.11 bits per heavy atom. The number of benzene rings is 2. The summed E-state index contributed by atoms with van der Waals surface area (Å²) in [5.41, 5.74) is -5.35. The molecule has 4 fully saturated rings. The molecule has 0 radical (unpaired) electrons. The van der Waals surface area contributed by atoms with Crippen molar-refractivity contribution in [3.8, 4) is 34.3 Å². The van der Waals surface area contributed by atoms with Gasteiger partial charge in [-0.25, -0.2) is 0 Å². The molecule has 0 bridgehead atoms. The van der Waals surface area contributed by atoms with Gasteiger partial charge in [-0.3, -0.25) is 4.79 Å². The first-order valence-electron chi connectivity index (χ1n) is 19.0. The zero-order valence-corrected chi connectivity index (χ0v) is 32.4. The van der Waals surface area contributed by atoms with Crippen LogP contribution in [0.1, 0.15) is 6.92 Å². The number of rotatable bonds is 13. The zero-order valence-electron chi connectivity index (χ0n) is 32.4. The molecular formula is C38H48O23. The summed E-state index contributed by atoms with van der Waals surface area (Å²) in [6.07, 6.45) is -24.2. The van der Waals surface area contributed by atoms with E-state index in [1.165, 1.54) is 44.4 Å². The minimum absolute atomic E-state index is 0.116. The summed E-state index contributed by atoms with van der Waals surface area (Å²) < 4.78 is 56.6. The highest BCUT2D eigenvalue weighted by molar-refractivity contribution is 5.88. The zero-order chi connectivity index (χ0) is 44.1. The van der Waals surface area contributed by atoms with Gasteiger partial charge in [-0.05, 0) is 31.2 Å². The van der Waals surface area contributed by atoms with Gasteiger partial charge in [0.25, 0.3) is 0 Å². The monoisotopic (exact) mass is 872 g/mol. The van der Waals surface area contributed by atoms with Gasteiger partial charge in [0.15, 0.2) is 30.7 Å². The lowest BCUT2D eigenvalue weighted by atomic mass is 9.97. The SMILES string of the molecule is COc1cc(O)c2c(=O)c(OC3OC(COC4OC(C)C(O)C(O)C4O)C(O)C(O)C3OC3OCC(O)(COC4OCC(O)(CO)C4O)C3O)c(-c3ccc(O)cc3)oc2c1. The van der Waals surface area contributed by atoms with Gasteiger partial charge in [0.1, 0.15) is 88.3 Å². The molecule has 0 amide bonds. The Morgan fingerprint density at radius 1 is 0.770 bits per heavy atom. The fraction of sp³-hybridized carbons (Fsp3) is 0.605. The number of hydrogen-bond acceptors (Lipinski definition) is 23. The third-order valence-corrected chi connectivity index (χ3v) is 11.1. The van der Waals surface area contributed by atoms with Crippen molar-refractivity contribution in [3.63, 3.8) is 0 Å². The molecule has 12 N–H and O–H groups in total. The van der Waals surface area contributed by atoms with E-state index in [4.69, 9.17) is 47.0 Å². The van der Waals surface area contributed by atoms with Gasteiger partial charge in [0.05, 0.1) is 46.2 Å². The van der Waals surface area contributed by atoms with Crippen LogP contribution in [0.2, 0.25) is 0 Å². The first-order valence-corrected chi connectivity index (χ1v) is 19.0. The van der Waals surface area contributed by atoms with E-state index in [9.17, 15) is 66.1 Å². The molecule has 7 rings (SSSR count). The van der Waals surface area contributed by atoms with E-state index in [2.05, 4.69) is 0 Å². The molecule has 16 unspecified atom stereocenters. The van der Waals surface area contributed by atoms with Crippen molar-refractivity contribution in [1.29, 1.82) is 0 Å². The van der Waals surface area contributed by atoms with Crippen molar-refractivity contribution in [3.05, 3.63) is 46.6 Å². The highest BCUT2D eigenvalue weighted by Gasteiger charge is 2.56. The van der Waals surface area contributed by atoms with Crippen molar-refractivity contribution in [1.82, 2.24) is 0 Å². The quantitative estimate of drug-likeness (QED) is 0.0775. The van der Waals surface area contributed by atoms with Crippen LogP contribution in [-0.2, 0) is 33.2 Å². The molecule has 2 aromatic carbocycles. The molecule has 3 aromatic rings. The molecule has 338 valence electrons. The van der Waals surface area contributed by atoms with Gasteiger partial charge in [0.2, 0.25) is 17.5 Å².